The summed E-state index contributed by atoms with van der Waals surface area (Å²) in [5, 5.41) is 17.7. The van der Waals surface area contributed by atoms with Gasteiger partial charge in [0.25, 0.3) is 5.91 Å². The van der Waals surface area contributed by atoms with E-state index in [9.17, 15) is 9.90 Å². The molecule has 0 aliphatic carbocycles. The zero-order valence-corrected chi connectivity index (χ0v) is 20.4. The number of ether oxygens (including phenoxy) is 1. The van der Waals surface area contributed by atoms with Gasteiger partial charge < -0.3 is 20.1 Å². The number of rotatable bonds is 4. The maximum Gasteiger partial charge on any atom is 0.281 e. The predicted molar refractivity (Wildman–Crippen MR) is 128 cm³/mol. The van der Waals surface area contributed by atoms with Crippen LogP contribution in [0.1, 0.15) is 52.0 Å². The van der Waals surface area contributed by atoms with E-state index < -0.39 is 17.0 Å². The Morgan fingerprint density at radius 1 is 1.18 bits per heavy atom. The van der Waals surface area contributed by atoms with Crippen LogP contribution in [0.4, 0.5) is 5.82 Å². The van der Waals surface area contributed by atoms with Crippen molar-refractivity contribution in [3.05, 3.63) is 52.1 Å². The number of carbonyl (C=O) groups is 1. The summed E-state index contributed by atoms with van der Waals surface area (Å²) in [6, 6.07) is 9.33. The molecule has 3 aliphatic rings. The Balaban J connectivity index is 1.35. The van der Waals surface area contributed by atoms with E-state index in [1.54, 1.807) is 45.2 Å². The van der Waals surface area contributed by atoms with E-state index in [0.29, 0.717) is 15.8 Å². The highest BCUT2D eigenvalue weighted by Gasteiger charge is 2.58. The molecule has 1 amide bonds. The topological polar surface area (TPSA) is 86.7 Å². The first-order valence-corrected chi connectivity index (χ1v) is 12.0. The first-order valence-electron chi connectivity index (χ1n) is 11.2. The van der Waals surface area contributed by atoms with E-state index in [4.69, 9.17) is 27.9 Å². The second-order valence-electron chi connectivity index (χ2n) is 10.0. The number of pyridine rings is 1. The molecule has 176 valence electrons. The number of hydrogen-bond acceptors (Lipinski definition) is 6. The van der Waals surface area contributed by atoms with Crippen molar-refractivity contribution in [3.63, 3.8) is 0 Å². The highest BCUT2D eigenvalue weighted by atomic mass is 35.5. The molecular formula is C24H28Cl2N4O3. The molecule has 3 aliphatic heterocycles. The smallest absolute Gasteiger partial charge is 0.281 e. The second-order valence-corrected chi connectivity index (χ2v) is 10.9. The molecule has 33 heavy (non-hydrogen) atoms. The summed E-state index contributed by atoms with van der Waals surface area (Å²) in [6.45, 7) is 5.23. The molecule has 2 bridgehead atoms. The minimum Gasteiger partial charge on any atom is -0.462 e. The van der Waals surface area contributed by atoms with Crippen molar-refractivity contribution in [2.24, 2.45) is 0 Å². The van der Waals surface area contributed by atoms with Gasteiger partial charge in [0.1, 0.15) is 11.6 Å². The summed E-state index contributed by atoms with van der Waals surface area (Å²) in [4.78, 5) is 20.1. The van der Waals surface area contributed by atoms with Crippen LogP contribution in [0.25, 0.3) is 0 Å². The first kappa shape index (κ1) is 22.7. The van der Waals surface area contributed by atoms with Gasteiger partial charge in [0.2, 0.25) is 5.72 Å². The van der Waals surface area contributed by atoms with Crippen LogP contribution >= 0.6 is 23.2 Å². The Bertz CT molecular complexity index is 1070. The summed E-state index contributed by atoms with van der Waals surface area (Å²) < 4.78 is 6.07. The number of aromatic nitrogens is 1. The molecule has 3 N–H and O–H groups in total. The Labute approximate surface area is 203 Å². The Morgan fingerprint density at radius 3 is 2.45 bits per heavy atom. The number of fused-ring (bicyclic) bond motifs is 2. The van der Waals surface area contributed by atoms with Crippen molar-refractivity contribution in [3.8, 4) is 5.75 Å². The fourth-order valence-corrected chi connectivity index (χ4v) is 5.91. The third-order valence-corrected chi connectivity index (χ3v) is 7.51. The lowest BCUT2D eigenvalue weighted by molar-refractivity contribution is -0.132. The van der Waals surface area contributed by atoms with E-state index in [-0.39, 0.29) is 18.0 Å². The van der Waals surface area contributed by atoms with Gasteiger partial charge in [-0.2, -0.15) is 0 Å². The van der Waals surface area contributed by atoms with E-state index >= 15 is 0 Å². The number of benzene rings is 1. The standard InChI is InChI=1S/C24H28Cl2N4O3/c1-22(2,32)14-4-9-20(27-13-14)30-16-6-7-17(30)12-24(11-16)28-21(31)23(3,29-24)33-19-8-5-15(25)10-18(19)26/h4-5,8-10,13,16-17,29,32H,6-7,11-12H2,1-3H3,(H,28,31). The summed E-state index contributed by atoms with van der Waals surface area (Å²) in [6.07, 6.45) is 5.27. The molecule has 3 atom stereocenters. The Morgan fingerprint density at radius 2 is 1.88 bits per heavy atom. The van der Waals surface area contributed by atoms with Crippen molar-refractivity contribution in [2.45, 2.75) is 75.5 Å². The largest absolute Gasteiger partial charge is 0.462 e. The first-order chi connectivity index (χ1) is 15.5. The minimum absolute atomic E-state index is 0.214. The molecule has 5 rings (SSSR count). The maximum absolute atomic E-state index is 13.1. The molecule has 7 nitrogen and oxygen atoms in total. The van der Waals surface area contributed by atoms with Crippen molar-refractivity contribution in [1.29, 1.82) is 0 Å². The molecule has 0 radical (unpaired) electrons. The van der Waals surface area contributed by atoms with Crippen LogP contribution in [0.15, 0.2) is 36.5 Å². The van der Waals surface area contributed by atoms with E-state index in [2.05, 4.69) is 20.5 Å². The lowest BCUT2D eigenvalue weighted by Gasteiger charge is -2.45. The average Bonchev–Trinajstić information content (AvgIpc) is 3.14. The van der Waals surface area contributed by atoms with Gasteiger partial charge in [-0.05, 0) is 57.9 Å². The van der Waals surface area contributed by atoms with Crippen LogP contribution in [-0.4, -0.2) is 39.5 Å². The number of nitrogens with zero attached hydrogens (tertiary/aromatic N) is 2. The summed E-state index contributed by atoms with van der Waals surface area (Å²) in [5.41, 5.74) is -1.94. The third kappa shape index (κ3) is 4.05. The monoisotopic (exact) mass is 490 g/mol. The summed E-state index contributed by atoms with van der Waals surface area (Å²) in [5.74, 6) is 1.09. The van der Waals surface area contributed by atoms with Crippen molar-refractivity contribution >= 4 is 34.9 Å². The van der Waals surface area contributed by atoms with Crippen LogP contribution in [0.5, 0.6) is 5.75 Å². The third-order valence-electron chi connectivity index (χ3n) is 6.98. The number of carbonyl (C=O) groups excluding carboxylic acids is 1. The van der Waals surface area contributed by atoms with Gasteiger partial charge in [-0.1, -0.05) is 29.3 Å². The van der Waals surface area contributed by atoms with Gasteiger partial charge in [0.05, 0.1) is 16.3 Å². The number of hydrogen-bond donors (Lipinski definition) is 3. The summed E-state index contributed by atoms with van der Waals surface area (Å²) in [7, 11) is 0. The molecule has 4 heterocycles. The van der Waals surface area contributed by atoms with Crippen molar-refractivity contribution in [2.75, 3.05) is 4.90 Å². The number of amides is 1. The van der Waals surface area contributed by atoms with E-state index in [1.807, 2.05) is 12.1 Å². The van der Waals surface area contributed by atoms with Gasteiger partial charge in [0.15, 0.2) is 0 Å². The molecule has 2 aromatic rings. The van der Waals surface area contributed by atoms with Crippen molar-refractivity contribution in [1.82, 2.24) is 15.6 Å². The Hall–Kier alpha value is -2.06. The van der Waals surface area contributed by atoms with Crippen LogP contribution in [0.2, 0.25) is 10.0 Å². The predicted octanol–water partition coefficient (Wildman–Crippen LogP) is 3.96. The van der Waals surface area contributed by atoms with Crippen LogP contribution in [0, 0.1) is 0 Å². The van der Waals surface area contributed by atoms with E-state index in [1.165, 1.54) is 0 Å². The highest BCUT2D eigenvalue weighted by molar-refractivity contribution is 6.35. The molecule has 3 unspecified atom stereocenters. The SMILES string of the molecule is CC1(Oc2ccc(Cl)cc2Cl)NC2(CC3CCC(C2)N3c2ccc(C(C)(C)O)cn2)NC1=O. The van der Waals surface area contributed by atoms with Gasteiger partial charge in [-0.3, -0.25) is 4.79 Å². The number of piperidine rings is 1. The zero-order chi connectivity index (χ0) is 23.6. The minimum atomic E-state index is -1.24. The Kier molecular flexibility index (Phi) is 5.32. The molecular weight excluding hydrogens is 463 g/mol. The molecule has 0 saturated carbocycles. The molecule has 1 aromatic carbocycles. The van der Waals surface area contributed by atoms with Crippen LogP contribution in [0.3, 0.4) is 0 Å². The summed E-state index contributed by atoms with van der Waals surface area (Å²) >= 11 is 12.3. The van der Waals surface area contributed by atoms with Gasteiger partial charge in [-0.25, -0.2) is 10.3 Å². The maximum atomic E-state index is 13.1. The fraction of sp³-hybridized carbons (Fsp3) is 0.500. The number of nitrogens with one attached hydrogen (secondary N) is 2. The number of anilines is 1. The van der Waals surface area contributed by atoms with Gasteiger partial charge >= 0.3 is 0 Å². The van der Waals surface area contributed by atoms with Gasteiger partial charge in [-0.15, -0.1) is 0 Å². The molecule has 3 fully saturated rings. The normalized spacial score (nSPS) is 31.2. The molecule has 1 spiro atoms. The number of halogens is 2. The van der Waals surface area contributed by atoms with E-state index in [0.717, 1.165) is 37.1 Å². The van der Waals surface area contributed by atoms with Crippen molar-refractivity contribution < 1.29 is 14.6 Å². The average molecular weight is 491 g/mol. The quantitative estimate of drug-likeness (QED) is 0.601. The lowest BCUT2D eigenvalue weighted by Crippen LogP contribution is -2.63. The zero-order valence-electron chi connectivity index (χ0n) is 18.9. The molecule has 1 aromatic heterocycles. The second kappa shape index (κ2) is 7.73. The van der Waals surface area contributed by atoms with Crippen LogP contribution in [-0.2, 0) is 10.4 Å². The molecule has 9 heteroatoms. The van der Waals surface area contributed by atoms with Gasteiger partial charge in [0, 0.05) is 41.7 Å². The lowest BCUT2D eigenvalue weighted by atomic mass is 9.90. The van der Waals surface area contributed by atoms with Crippen LogP contribution < -0.4 is 20.3 Å². The molecule has 3 saturated heterocycles. The highest BCUT2D eigenvalue weighted by Crippen LogP contribution is 2.45. The fourth-order valence-electron chi connectivity index (χ4n) is 5.46. The number of aliphatic hydroxyl groups is 1.